The molecule has 6 aliphatic rings. The highest BCUT2D eigenvalue weighted by Crippen LogP contribution is 2.63. The van der Waals surface area contributed by atoms with Gasteiger partial charge in [0.05, 0.1) is 11.4 Å². The third-order valence-electron chi connectivity index (χ3n) is 22.4. The molecule has 7 aromatic carbocycles. The van der Waals surface area contributed by atoms with Gasteiger partial charge in [-0.15, -0.1) is 11.3 Å². The van der Waals surface area contributed by atoms with Crippen molar-refractivity contribution < 1.29 is 0 Å². The van der Waals surface area contributed by atoms with E-state index in [0.717, 1.165) is 12.8 Å². The Hall–Kier alpha value is -5.64. The van der Waals surface area contributed by atoms with E-state index in [-0.39, 0.29) is 56.0 Å². The van der Waals surface area contributed by atoms with Crippen LogP contribution in [0.1, 0.15) is 229 Å². The van der Waals surface area contributed by atoms with E-state index in [2.05, 4.69) is 254 Å². The van der Waals surface area contributed by atoms with Gasteiger partial charge in [-0.05, 0) is 215 Å². The summed E-state index contributed by atoms with van der Waals surface area (Å²) in [4.78, 5) is 2.88. The van der Waals surface area contributed by atoms with E-state index in [1.807, 2.05) is 0 Å². The first-order chi connectivity index (χ1) is 38.1. The summed E-state index contributed by atoms with van der Waals surface area (Å²) in [7, 11) is 0. The van der Waals surface area contributed by atoms with Crippen LogP contribution < -0.4 is 20.6 Å². The molecule has 8 aromatic rings. The monoisotopic (exact) mass is 1080 g/mol. The normalized spacial score (nSPS) is 23.1. The van der Waals surface area contributed by atoms with Gasteiger partial charge in [0.2, 0.25) is 0 Å². The minimum atomic E-state index is -0.104. The van der Waals surface area contributed by atoms with E-state index in [9.17, 15) is 0 Å². The van der Waals surface area contributed by atoms with Crippen molar-refractivity contribution in [2.24, 2.45) is 0 Å². The van der Waals surface area contributed by atoms with Crippen molar-refractivity contribution in [1.82, 2.24) is 0 Å². The van der Waals surface area contributed by atoms with Crippen LogP contribution in [0, 0.1) is 0 Å². The lowest BCUT2D eigenvalue weighted by Gasteiger charge is -2.46. The highest BCUT2D eigenvalue weighted by Gasteiger charge is 2.54. The maximum absolute atomic E-state index is 2.88. The van der Waals surface area contributed by atoms with Crippen LogP contribution in [0.4, 0.5) is 17.1 Å². The number of anilines is 3. The van der Waals surface area contributed by atoms with Gasteiger partial charge >= 0.3 is 0 Å². The summed E-state index contributed by atoms with van der Waals surface area (Å²) in [5, 5.41) is 1.44. The molecule has 1 aromatic heterocycles. The molecule has 414 valence electrons. The van der Waals surface area contributed by atoms with Gasteiger partial charge in [-0.25, -0.2) is 0 Å². The topological polar surface area (TPSA) is 3.24 Å². The van der Waals surface area contributed by atoms with Crippen molar-refractivity contribution in [3.05, 3.63) is 189 Å². The van der Waals surface area contributed by atoms with Crippen molar-refractivity contribution >= 4 is 60.9 Å². The first-order valence-electron chi connectivity index (χ1n) is 31.3. The molecule has 1 saturated carbocycles. The Morgan fingerprint density at radius 2 is 1.01 bits per heavy atom. The van der Waals surface area contributed by atoms with Crippen LogP contribution in [0.2, 0.25) is 0 Å². The number of hydrogen-bond acceptors (Lipinski definition) is 2. The molecular formula is C78H88BNS. The van der Waals surface area contributed by atoms with Crippen LogP contribution in [0.5, 0.6) is 0 Å². The van der Waals surface area contributed by atoms with Crippen LogP contribution in [0.25, 0.3) is 32.3 Å². The molecule has 0 spiro atoms. The Labute approximate surface area is 491 Å². The van der Waals surface area contributed by atoms with E-state index >= 15 is 0 Å². The molecule has 2 bridgehead atoms. The largest absolute Gasteiger partial charge is 0.309 e. The van der Waals surface area contributed by atoms with Crippen molar-refractivity contribution in [3.8, 4) is 22.3 Å². The first kappa shape index (κ1) is 53.4. The van der Waals surface area contributed by atoms with E-state index < -0.39 is 0 Å². The van der Waals surface area contributed by atoms with Gasteiger partial charge in [0, 0.05) is 32.0 Å². The third kappa shape index (κ3) is 8.09. The molecule has 3 atom stereocenters. The molecule has 3 heterocycles. The van der Waals surface area contributed by atoms with Crippen molar-refractivity contribution in [2.75, 3.05) is 4.90 Å². The lowest BCUT2D eigenvalue weighted by Crippen LogP contribution is -2.61. The van der Waals surface area contributed by atoms with E-state index in [4.69, 9.17) is 0 Å². The predicted octanol–water partition coefficient (Wildman–Crippen LogP) is 19.6. The molecule has 1 nitrogen and oxygen atoms in total. The number of thiophene rings is 1. The maximum atomic E-state index is 2.88. The van der Waals surface area contributed by atoms with Crippen LogP contribution >= 0.6 is 11.3 Å². The van der Waals surface area contributed by atoms with Crippen LogP contribution in [-0.4, -0.2) is 6.71 Å². The number of nitrogens with zero attached hydrogens (tertiary/aromatic N) is 1. The highest BCUT2D eigenvalue weighted by molar-refractivity contribution is 7.33. The summed E-state index contributed by atoms with van der Waals surface area (Å²) in [6, 6.07) is 52.2. The minimum Gasteiger partial charge on any atom is -0.309 e. The van der Waals surface area contributed by atoms with Gasteiger partial charge in [-0.3, -0.25) is 0 Å². The fourth-order valence-electron chi connectivity index (χ4n) is 17.1. The zero-order valence-electron chi connectivity index (χ0n) is 52.0. The predicted molar refractivity (Wildman–Crippen MR) is 352 cm³/mol. The number of fused-ring (bicyclic) bond motifs is 13. The zero-order chi connectivity index (χ0) is 56.9. The quantitative estimate of drug-likeness (QED) is 0.150. The zero-order valence-corrected chi connectivity index (χ0v) is 52.8. The smallest absolute Gasteiger partial charge is 0.260 e. The lowest BCUT2D eigenvalue weighted by molar-refractivity contribution is 0.331. The van der Waals surface area contributed by atoms with Gasteiger partial charge in [0.25, 0.3) is 6.71 Å². The van der Waals surface area contributed by atoms with E-state index in [1.54, 1.807) is 22.3 Å². The Balaban J connectivity index is 1.07. The Morgan fingerprint density at radius 3 is 1.59 bits per heavy atom. The van der Waals surface area contributed by atoms with Gasteiger partial charge < -0.3 is 4.90 Å². The summed E-state index contributed by atoms with van der Waals surface area (Å²) >= 11 is 2.12. The Morgan fingerprint density at radius 1 is 0.494 bits per heavy atom. The summed E-state index contributed by atoms with van der Waals surface area (Å²) in [5.41, 5.74) is 30.0. The van der Waals surface area contributed by atoms with E-state index in [1.165, 1.54) is 149 Å². The first-order valence-corrected chi connectivity index (χ1v) is 32.1. The number of rotatable bonds is 6. The van der Waals surface area contributed by atoms with Gasteiger partial charge in [-0.2, -0.15) is 0 Å². The van der Waals surface area contributed by atoms with Gasteiger partial charge in [0.1, 0.15) is 0 Å². The maximum Gasteiger partial charge on any atom is 0.260 e. The molecular weight excluding hydrogens is 994 g/mol. The second kappa shape index (κ2) is 17.5. The molecule has 0 amide bonds. The Bertz CT molecular complexity index is 3920. The molecule has 1 fully saturated rings. The highest BCUT2D eigenvalue weighted by atomic mass is 32.1. The van der Waals surface area contributed by atoms with Crippen LogP contribution in [0.3, 0.4) is 0 Å². The molecule has 2 aliphatic heterocycles. The van der Waals surface area contributed by atoms with Crippen LogP contribution in [-0.2, 0) is 49.7 Å². The second-order valence-electron chi connectivity index (χ2n) is 31.9. The summed E-state index contributed by atoms with van der Waals surface area (Å²) < 4.78 is 2.97. The average molecular weight is 1080 g/mol. The van der Waals surface area contributed by atoms with Gasteiger partial charge in [-0.1, -0.05) is 213 Å². The molecule has 0 radical (unpaired) electrons. The third-order valence-corrected chi connectivity index (χ3v) is 23.6. The van der Waals surface area contributed by atoms with Crippen LogP contribution in [0.15, 0.2) is 127 Å². The molecule has 0 saturated heterocycles. The summed E-state index contributed by atoms with van der Waals surface area (Å²) in [6.45, 7) is 39.9. The molecule has 0 N–H and O–H groups in total. The molecule has 3 unspecified atom stereocenters. The van der Waals surface area contributed by atoms with Gasteiger partial charge in [0.15, 0.2) is 0 Å². The second-order valence-corrected chi connectivity index (χ2v) is 33.0. The molecule has 3 heteroatoms. The summed E-state index contributed by atoms with van der Waals surface area (Å²) in [5.74, 6) is 0.188. The van der Waals surface area contributed by atoms with E-state index in [0.29, 0.717) is 0 Å². The minimum absolute atomic E-state index is 0.00344. The lowest BCUT2D eigenvalue weighted by atomic mass is 9.33. The van der Waals surface area contributed by atoms with Crippen molar-refractivity contribution in [3.63, 3.8) is 0 Å². The summed E-state index contributed by atoms with van der Waals surface area (Å²) in [6.07, 6.45) is 10.6. The SMILES string of the molecule is CC(C)(C)c1ccc2c(c1)C(CCc1cc3c(cc1-c1ccccc1)C(C)(C)CCC3(C)C)c1cc(C(C)(C)C)cc3c1B2c1sc2cc4c(cc2c1N3c1cc2c(cc1-c1ccccc1)C(C)(C)CCC2(C)C)C1(C)CCC4(C)C1. The Kier molecular flexibility index (Phi) is 11.5. The number of aryl methyl sites for hydroxylation is 1. The standard InChI is InChI=1S/C78H88BNS/c1-71(2,3)50-28-30-64-55(38-50)52(29-27-49-37-58-59(74(9,10)32-31-73(58,7)8)41-53(49)47-23-19-17-20-24-47)56-39-51(72(4,5)6)40-66-68(56)79(64)70-69(57-43-62-63(45-67(57)81-70)78(16)36-35-77(62,15)46-78)80(66)65-44-61-60(75(11,12)33-34-76(61,13)14)42-54(65)48-25-21-18-22-26-48/h17-26,28,30,37-45,52H,27,29,31-36,46H2,1-16H3. The fraction of sp³-hybridized carbons (Fsp3) is 0.436. The number of hydrogen-bond donors (Lipinski definition) is 0. The number of benzene rings is 7. The molecule has 81 heavy (non-hydrogen) atoms. The molecule has 14 rings (SSSR count). The van der Waals surface area contributed by atoms with Crippen molar-refractivity contribution in [1.29, 1.82) is 0 Å². The van der Waals surface area contributed by atoms with Crippen molar-refractivity contribution in [2.45, 2.75) is 218 Å². The fourth-order valence-corrected chi connectivity index (χ4v) is 18.4. The molecule has 4 aliphatic carbocycles. The average Bonchev–Trinajstić information content (AvgIpc) is 4.23.